The van der Waals surface area contributed by atoms with Gasteiger partial charge in [0.2, 0.25) is 5.91 Å². The summed E-state index contributed by atoms with van der Waals surface area (Å²) in [7, 11) is 0. The Bertz CT molecular complexity index is 963. The first-order chi connectivity index (χ1) is 12.8. The van der Waals surface area contributed by atoms with Gasteiger partial charge in [-0.15, -0.1) is 11.3 Å². The molecule has 0 aliphatic carbocycles. The van der Waals surface area contributed by atoms with Gasteiger partial charge in [-0.25, -0.2) is 4.98 Å². The highest BCUT2D eigenvalue weighted by Crippen LogP contribution is 2.38. The Morgan fingerprint density at radius 2 is 2.19 bits per heavy atom. The third-order valence-corrected chi connectivity index (χ3v) is 6.68. The fraction of sp³-hybridized carbons (Fsp3) is 0.125. The van der Waals surface area contributed by atoms with Gasteiger partial charge in [-0.3, -0.25) is 14.5 Å². The molecule has 27 heavy (non-hydrogen) atoms. The average Bonchev–Trinajstić information content (AvgIpc) is 3.20. The number of aromatic nitrogens is 1. The molecular weight excluding hydrogens is 538 g/mol. The van der Waals surface area contributed by atoms with Crippen molar-refractivity contribution in [2.45, 2.75) is 13.0 Å². The molecule has 1 unspecified atom stereocenters. The van der Waals surface area contributed by atoms with Gasteiger partial charge in [0.1, 0.15) is 16.1 Å². The first kappa shape index (κ1) is 20.5. The SMILES string of the molecule is CC(C(=O)Nc1nccs1)N1C(=O)/C(=C/c2cc(Br)cc(Br)c2O)SC1=S. The molecule has 3 rings (SSSR count). The molecule has 1 aromatic carbocycles. The number of thiazole rings is 1. The molecule has 1 fully saturated rings. The number of nitrogens with one attached hydrogen (secondary N) is 1. The normalized spacial score (nSPS) is 16.9. The summed E-state index contributed by atoms with van der Waals surface area (Å²) >= 11 is 14.3. The minimum absolute atomic E-state index is 0.0121. The lowest BCUT2D eigenvalue weighted by molar-refractivity contribution is -0.129. The molecule has 0 spiro atoms. The van der Waals surface area contributed by atoms with Gasteiger partial charge in [0.15, 0.2) is 5.13 Å². The third kappa shape index (κ3) is 4.43. The van der Waals surface area contributed by atoms with E-state index in [4.69, 9.17) is 12.2 Å². The molecule has 1 saturated heterocycles. The summed E-state index contributed by atoms with van der Waals surface area (Å²) in [5.74, 6) is -0.754. The maximum Gasteiger partial charge on any atom is 0.266 e. The van der Waals surface area contributed by atoms with Crippen LogP contribution < -0.4 is 5.32 Å². The number of hydrogen-bond acceptors (Lipinski definition) is 7. The van der Waals surface area contributed by atoms with E-state index in [1.807, 2.05) is 0 Å². The minimum Gasteiger partial charge on any atom is -0.506 e. The number of amides is 2. The largest absolute Gasteiger partial charge is 0.506 e. The van der Waals surface area contributed by atoms with Crippen molar-refractivity contribution in [3.05, 3.63) is 43.1 Å². The smallest absolute Gasteiger partial charge is 0.266 e. The summed E-state index contributed by atoms with van der Waals surface area (Å²) in [6.45, 7) is 1.60. The summed E-state index contributed by atoms with van der Waals surface area (Å²) in [6.07, 6.45) is 3.13. The van der Waals surface area contributed by atoms with Crippen LogP contribution >= 0.6 is 67.2 Å². The molecule has 1 atom stereocenters. The lowest BCUT2D eigenvalue weighted by Crippen LogP contribution is -2.44. The number of nitrogens with zero attached hydrogens (tertiary/aromatic N) is 2. The van der Waals surface area contributed by atoms with E-state index in [1.165, 1.54) is 16.2 Å². The molecule has 2 heterocycles. The van der Waals surface area contributed by atoms with E-state index in [-0.39, 0.29) is 21.9 Å². The highest BCUT2D eigenvalue weighted by Gasteiger charge is 2.38. The van der Waals surface area contributed by atoms with Crippen molar-refractivity contribution in [2.75, 3.05) is 5.32 Å². The highest BCUT2D eigenvalue weighted by molar-refractivity contribution is 9.11. The Kier molecular flexibility index (Phi) is 6.36. The van der Waals surface area contributed by atoms with E-state index in [9.17, 15) is 14.7 Å². The lowest BCUT2D eigenvalue weighted by Gasteiger charge is -2.21. The molecule has 140 valence electrons. The van der Waals surface area contributed by atoms with Crippen molar-refractivity contribution in [2.24, 2.45) is 0 Å². The molecule has 0 radical (unpaired) electrons. The van der Waals surface area contributed by atoms with Crippen LogP contribution in [0.15, 0.2) is 37.6 Å². The number of benzene rings is 1. The van der Waals surface area contributed by atoms with Crippen LogP contribution in [0.5, 0.6) is 5.75 Å². The van der Waals surface area contributed by atoms with Crippen molar-refractivity contribution >= 4 is 94.5 Å². The Hall–Kier alpha value is -1.27. The summed E-state index contributed by atoms with van der Waals surface area (Å²) in [5, 5.41) is 15.1. The predicted molar refractivity (Wildman–Crippen MR) is 119 cm³/mol. The van der Waals surface area contributed by atoms with E-state index in [1.54, 1.807) is 36.7 Å². The van der Waals surface area contributed by atoms with Gasteiger partial charge in [-0.05, 0) is 41.1 Å². The first-order valence-corrected chi connectivity index (χ1v) is 11.1. The maximum atomic E-state index is 12.8. The molecule has 1 aromatic heterocycles. The molecule has 2 aromatic rings. The number of carbonyl (C=O) groups excluding carboxylic acids is 2. The van der Waals surface area contributed by atoms with Crippen LogP contribution in [0.1, 0.15) is 12.5 Å². The second-order valence-electron chi connectivity index (χ2n) is 5.38. The molecule has 1 aliphatic heterocycles. The van der Waals surface area contributed by atoms with Crippen LogP contribution in [0.25, 0.3) is 6.08 Å². The van der Waals surface area contributed by atoms with Crippen LogP contribution in [0, 0.1) is 0 Å². The summed E-state index contributed by atoms with van der Waals surface area (Å²) < 4.78 is 1.52. The van der Waals surface area contributed by atoms with Gasteiger partial charge in [-0.1, -0.05) is 39.9 Å². The summed E-state index contributed by atoms with van der Waals surface area (Å²) in [5.41, 5.74) is 0.455. The molecule has 0 bridgehead atoms. The number of phenolic OH excluding ortho intramolecular Hbond substituents is 1. The summed E-state index contributed by atoms with van der Waals surface area (Å²) in [6, 6.07) is 2.59. The monoisotopic (exact) mass is 547 g/mol. The molecule has 6 nitrogen and oxygen atoms in total. The van der Waals surface area contributed by atoms with Gasteiger partial charge in [0.25, 0.3) is 5.91 Å². The average molecular weight is 549 g/mol. The number of thiocarbonyl (C=S) groups is 1. The number of rotatable bonds is 4. The van der Waals surface area contributed by atoms with Gasteiger partial charge >= 0.3 is 0 Å². The number of carbonyl (C=O) groups is 2. The fourth-order valence-electron chi connectivity index (χ4n) is 2.26. The molecule has 1 aliphatic rings. The van der Waals surface area contributed by atoms with Gasteiger partial charge in [-0.2, -0.15) is 0 Å². The van der Waals surface area contributed by atoms with E-state index < -0.39 is 6.04 Å². The second kappa shape index (κ2) is 8.39. The molecule has 2 N–H and O–H groups in total. The number of hydrogen-bond donors (Lipinski definition) is 2. The number of thioether (sulfide) groups is 1. The molecule has 11 heteroatoms. The number of halogens is 2. The van der Waals surface area contributed by atoms with Crippen molar-refractivity contribution in [3.63, 3.8) is 0 Å². The fourth-order valence-corrected chi connectivity index (χ4v) is 5.46. The van der Waals surface area contributed by atoms with E-state index in [0.717, 1.165) is 16.2 Å². The van der Waals surface area contributed by atoms with Gasteiger partial charge in [0.05, 0.1) is 9.38 Å². The van der Waals surface area contributed by atoms with E-state index in [0.29, 0.717) is 20.1 Å². The first-order valence-electron chi connectivity index (χ1n) is 7.43. The number of phenols is 1. The van der Waals surface area contributed by atoms with E-state index >= 15 is 0 Å². The maximum absolute atomic E-state index is 12.8. The number of aromatic hydroxyl groups is 1. The topological polar surface area (TPSA) is 82.5 Å². The van der Waals surface area contributed by atoms with Gasteiger partial charge in [0, 0.05) is 21.6 Å². The van der Waals surface area contributed by atoms with Crippen LogP contribution in [0.4, 0.5) is 5.13 Å². The van der Waals surface area contributed by atoms with Crippen molar-refractivity contribution in [3.8, 4) is 5.75 Å². The molecule has 0 saturated carbocycles. The Morgan fingerprint density at radius 1 is 1.44 bits per heavy atom. The van der Waals surface area contributed by atoms with Crippen molar-refractivity contribution in [1.82, 2.24) is 9.88 Å². The molecular formula is C16H11Br2N3O3S3. The Morgan fingerprint density at radius 3 is 2.85 bits per heavy atom. The lowest BCUT2D eigenvalue weighted by atomic mass is 10.2. The standard InChI is InChI=1S/C16H11Br2N3O3S3/c1-7(13(23)20-15-19-2-3-26-15)21-14(24)11(27-16(21)25)5-8-4-9(17)6-10(18)12(8)22/h2-7,22H,1H3,(H,19,20,23)/b11-5-. The molecule has 2 amide bonds. The quantitative estimate of drug-likeness (QED) is 0.429. The second-order valence-corrected chi connectivity index (χ2v) is 9.72. The van der Waals surface area contributed by atoms with Gasteiger partial charge < -0.3 is 10.4 Å². The van der Waals surface area contributed by atoms with Crippen molar-refractivity contribution < 1.29 is 14.7 Å². The number of anilines is 1. The zero-order valence-corrected chi connectivity index (χ0v) is 19.2. The van der Waals surface area contributed by atoms with Crippen LogP contribution in [-0.2, 0) is 9.59 Å². The zero-order chi connectivity index (χ0) is 19.7. The van der Waals surface area contributed by atoms with Crippen molar-refractivity contribution in [1.29, 1.82) is 0 Å². The van der Waals surface area contributed by atoms with Crippen LogP contribution in [-0.4, -0.2) is 37.2 Å². The predicted octanol–water partition coefficient (Wildman–Crippen LogP) is 4.60. The Balaban J connectivity index is 1.83. The van der Waals surface area contributed by atoms with E-state index in [2.05, 4.69) is 42.2 Å². The Labute approximate surface area is 185 Å². The summed E-state index contributed by atoms with van der Waals surface area (Å²) in [4.78, 5) is 30.8. The van der Waals surface area contributed by atoms with Crippen LogP contribution in [0.2, 0.25) is 0 Å². The highest BCUT2D eigenvalue weighted by atomic mass is 79.9. The van der Waals surface area contributed by atoms with Crippen LogP contribution in [0.3, 0.4) is 0 Å². The zero-order valence-electron chi connectivity index (χ0n) is 13.6. The minimum atomic E-state index is -0.796. The third-order valence-electron chi connectivity index (χ3n) is 3.60.